The van der Waals surface area contributed by atoms with E-state index in [1.165, 1.54) is 7.11 Å². The van der Waals surface area contributed by atoms with Crippen LogP contribution < -0.4 is 10.6 Å². The van der Waals surface area contributed by atoms with Crippen LogP contribution in [0.5, 0.6) is 0 Å². The van der Waals surface area contributed by atoms with E-state index < -0.39 is 36.0 Å². The molecule has 2 N–H and O–H groups in total. The summed E-state index contributed by atoms with van der Waals surface area (Å²) in [6.45, 7) is 5.41. The largest absolute Gasteiger partial charge is 0.467 e. The highest BCUT2D eigenvalue weighted by molar-refractivity contribution is 6.09. The molecule has 26 heavy (non-hydrogen) atoms. The number of esters is 1. The van der Waals surface area contributed by atoms with Gasteiger partial charge in [0.05, 0.1) is 7.11 Å². The van der Waals surface area contributed by atoms with Crippen LogP contribution in [-0.2, 0) is 19.1 Å². The molecule has 2 fully saturated rings. The van der Waals surface area contributed by atoms with Crippen LogP contribution >= 0.6 is 0 Å². The number of nitrogens with zero attached hydrogens (tertiary/aromatic N) is 1. The van der Waals surface area contributed by atoms with Crippen molar-refractivity contribution in [1.82, 2.24) is 15.5 Å². The highest BCUT2D eigenvalue weighted by atomic mass is 16.5. The first-order valence-electron chi connectivity index (χ1n) is 9.22. The van der Waals surface area contributed by atoms with Gasteiger partial charge in [0.2, 0.25) is 5.91 Å². The number of rotatable bonds is 6. The van der Waals surface area contributed by atoms with E-state index in [1.54, 1.807) is 0 Å². The van der Waals surface area contributed by atoms with Crippen LogP contribution in [-0.4, -0.2) is 54.0 Å². The first kappa shape index (κ1) is 20.2. The number of hydrogen-bond donors (Lipinski definition) is 2. The van der Waals surface area contributed by atoms with Crippen LogP contribution in [0.25, 0.3) is 0 Å². The van der Waals surface area contributed by atoms with Gasteiger partial charge < -0.3 is 15.4 Å². The van der Waals surface area contributed by atoms with E-state index in [4.69, 9.17) is 4.74 Å². The molecule has 1 heterocycles. The average molecular weight is 367 g/mol. The van der Waals surface area contributed by atoms with Gasteiger partial charge in [0.1, 0.15) is 18.1 Å². The lowest BCUT2D eigenvalue weighted by molar-refractivity contribution is -0.145. The molecule has 2 aliphatic rings. The van der Waals surface area contributed by atoms with Crippen LogP contribution in [0.15, 0.2) is 0 Å². The quantitative estimate of drug-likeness (QED) is 0.542. The van der Waals surface area contributed by atoms with Crippen LogP contribution in [0.1, 0.15) is 52.9 Å². The molecule has 0 radical (unpaired) electrons. The van der Waals surface area contributed by atoms with Crippen molar-refractivity contribution < 1.29 is 23.9 Å². The topological polar surface area (TPSA) is 105 Å². The van der Waals surface area contributed by atoms with Crippen LogP contribution in [0.2, 0.25) is 0 Å². The maximum absolute atomic E-state index is 12.9. The fourth-order valence-electron chi connectivity index (χ4n) is 3.85. The number of amides is 4. The standard InChI is InChI=1S/C18H29N3O5/c1-11(2)9-13(15(23)26-4)19-14(22)10-21-16(24)18(20-17(21)25)8-6-5-7-12(18)3/h11-13H,5-10H2,1-4H3,(H,19,22)(H,20,25)/t12-,13-,18+/m0/s1. The fourth-order valence-corrected chi connectivity index (χ4v) is 3.85. The van der Waals surface area contributed by atoms with Gasteiger partial charge in [-0.05, 0) is 31.1 Å². The number of urea groups is 1. The Morgan fingerprint density at radius 2 is 2.04 bits per heavy atom. The Morgan fingerprint density at radius 3 is 2.62 bits per heavy atom. The smallest absolute Gasteiger partial charge is 0.328 e. The summed E-state index contributed by atoms with van der Waals surface area (Å²) in [5.41, 5.74) is -0.894. The number of carbonyl (C=O) groups excluding carboxylic acids is 4. The van der Waals surface area contributed by atoms with Gasteiger partial charge in [-0.15, -0.1) is 0 Å². The van der Waals surface area contributed by atoms with Gasteiger partial charge in [-0.3, -0.25) is 14.5 Å². The lowest BCUT2D eigenvalue weighted by Gasteiger charge is -2.36. The molecule has 1 saturated carbocycles. The SMILES string of the molecule is COC(=O)[C@H](CC(C)C)NC(=O)CN1C(=O)N[C@@]2(CCCC[C@@H]2C)C1=O. The van der Waals surface area contributed by atoms with E-state index in [2.05, 4.69) is 10.6 Å². The van der Waals surface area contributed by atoms with E-state index in [9.17, 15) is 19.2 Å². The predicted octanol–water partition coefficient (Wildman–Crippen LogP) is 1.19. The molecule has 8 nitrogen and oxygen atoms in total. The second-order valence-corrected chi connectivity index (χ2v) is 7.71. The average Bonchev–Trinajstić information content (AvgIpc) is 2.81. The van der Waals surface area contributed by atoms with Crippen molar-refractivity contribution in [3.8, 4) is 0 Å². The third-order valence-corrected chi connectivity index (χ3v) is 5.33. The molecule has 0 aromatic heterocycles. The first-order chi connectivity index (χ1) is 12.2. The normalized spacial score (nSPS) is 26.8. The van der Waals surface area contributed by atoms with E-state index in [1.807, 2.05) is 20.8 Å². The van der Waals surface area contributed by atoms with E-state index in [0.717, 1.165) is 24.2 Å². The maximum atomic E-state index is 12.9. The highest BCUT2D eigenvalue weighted by Gasteiger charge is 2.55. The van der Waals surface area contributed by atoms with Crippen molar-refractivity contribution in [2.24, 2.45) is 11.8 Å². The summed E-state index contributed by atoms with van der Waals surface area (Å²) in [7, 11) is 1.26. The Morgan fingerprint density at radius 1 is 1.35 bits per heavy atom. The van der Waals surface area contributed by atoms with Crippen LogP contribution in [0.3, 0.4) is 0 Å². The van der Waals surface area contributed by atoms with Gasteiger partial charge >= 0.3 is 12.0 Å². The molecule has 0 aromatic carbocycles. The first-order valence-corrected chi connectivity index (χ1v) is 9.22. The summed E-state index contributed by atoms with van der Waals surface area (Å²) in [4.78, 5) is 50.3. The zero-order chi connectivity index (χ0) is 19.5. The number of imide groups is 1. The second-order valence-electron chi connectivity index (χ2n) is 7.71. The van der Waals surface area contributed by atoms with Gasteiger partial charge in [-0.1, -0.05) is 33.6 Å². The molecule has 1 saturated heterocycles. The number of carbonyl (C=O) groups is 4. The molecule has 8 heteroatoms. The summed E-state index contributed by atoms with van der Waals surface area (Å²) in [6, 6.07) is -1.34. The molecular weight excluding hydrogens is 338 g/mol. The molecule has 1 aliphatic heterocycles. The minimum absolute atomic E-state index is 0.0320. The highest BCUT2D eigenvalue weighted by Crippen LogP contribution is 2.38. The van der Waals surface area contributed by atoms with E-state index in [-0.39, 0.29) is 17.7 Å². The Balaban J connectivity index is 2.05. The Bertz CT molecular complexity index is 591. The summed E-state index contributed by atoms with van der Waals surface area (Å²) in [6.07, 6.45) is 3.77. The summed E-state index contributed by atoms with van der Waals surface area (Å²) in [5.74, 6) is -1.23. The third-order valence-electron chi connectivity index (χ3n) is 5.33. The second kappa shape index (κ2) is 8.05. The molecule has 146 valence electrons. The summed E-state index contributed by atoms with van der Waals surface area (Å²) in [5, 5.41) is 5.39. The zero-order valence-corrected chi connectivity index (χ0v) is 16.0. The molecular formula is C18H29N3O5. The van der Waals surface area contributed by atoms with Crippen molar-refractivity contribution in [2.75, 3.05) is 13.7 Å². The predicted molar refractivity (Wildman–Crippen MR) is 94.0 cm³/mol. The molecule has 3 atom stereocenters. The summed E-state index contributed by atoms with van der Waals surface area (Å²) < 4.78 is 4.72. The van der Waals surface area contributed by atoms with Gasteiger partial charge in [0.15, 0.2) is 0 Å². The number of methoxy groups -OCH3 is 1. The van der Waals surface area contributed by atoms with Gasteiger partial charge in [-0.25, -0.2) is 9.59 Å². The molecule has 0 aromatic rings. The van der Waals surface area contributed by atoms with Crippen molar-refractivity contribution in [3.63, 3.8) is 0 Å². The Hall–Kier alpha value is -2.12. The molecule has 0 unspecified atom stereocenters. The summed E-state index contributed by atoms with van der Waals surface area (Å²) >= 11 is 0. The lowest BCUT2D eigenvalue weighted by Crippen LogP contribution is -2.54. The maximum Gasteiger partial charge on any atom is 0.328 e. The van der Waals surface area contributed by atoms with Crippen molar-refractivity contribution >= 4 is 23.8 Å². The Labute approximate surface area is 154 Å². The Kier molecular flexibility index (Phi) is 6.26. The minimum Gasteiger partial charge on any atom is -0.467 e. The van der Waals surface area contributed by atoms with Crippen LogP contribution in [0.4, 0.5) is 4.79 Å². The fraction of sp³-hybridized carbons (Fsp3) is 0.778. The number of hydrogen-bond acceptors (Lipinski definition) is 5. The van der Waals surface area contributed by atoms with Gasteiger partial charge in [-0.2, -0.15) is 0 Å². The number of ether oxygens (including phenoxy) is 1. The molecule has 0 bridgehead atoms. The zero-order valence-electron chi connectivity index (χ0n) is 16.0. The molecule has 1 spiro atoms. The number of nitrogens with one attached hydrogen (secondary N) is 2. The van der Waals surface area contributed by atoms with Gasteiger partial charge in [0, 0.05) is 0 Å². The van der Waals surface area contributed by atoms with Gasteiger partial charge in [0.25, 0.3) is 5.91 Å². The van der Waals surface area contributed by atoms with E-state index in [0.29, 0.717) is 12.8 Å². The molecule has 1 aliphatic carbocycles. The van der Waals surface area contributed by atoms with Crippen molar-refractivity contribution in [3.05, 3.63) is 0 Å². The minimum atomic E-state index is -0.894. The van der Waals surface area contributed by atoms with E-state index >= 15 is 0 Å². The van der Waals surface area contributed by atoms with Crippen molar-refractivity contribution in [2.45, 2.75) is 64.5 Å². The monoisotopic (exact) mass is 367 g/mol. The lowest BCUT2D eigenvalue weighted by atomic mass is 9.73. The van der Waals surface area contributed by atoms with Crippen LogP contribution in [0, 0.1) is 11.8 Å². The molecule has 2 rings (SSSR count). The third kappa shape index (κ3) is 3.99. The van der Waals surface area contributed by atoms with Crippen molar-refractivity contribution in [1.29, 1.82) is 0 Å². The molecule has 4 amide bonds.